The number of carbonyl (C=O) groups is 1. The van der Waals surface area contributed by atoms with Crippen LogP contribution in [0, 0.1) is 19.3 Å². The van der Waals surface area contributed by atoms with E-state index >= 15 is 0 Å². The highest BCUT2D eigenvalue weighted by Gasteiger charge is 2.28. The van der Waals surface area contributed by atoms with Crippen LogP contribution in [-0.4, -0.2) is 16.9 Å². The molecule has 0 radical (unpaired) electrons. The molecule has 0 aliphatic carbocycles. The molecule has 2 rings (SSSR count). The first-order chi connectivity index (χ1) is 10.2. The van der Waals surface area contributed by atoms with Crippen LogP contribution in [0.2, 0.25) is 0 Å². The minimum atomic E-state index is -0.570. The van der Waals surface area contributed by atoms with Gasteiger partial charge in [0.25, 0.3) is 0 Å². The maximum Gasteiger partial charge on any atom is 0.243 e. The van der Waals surface area contributed by atoms with Crippen LogP contribution in [-0.2, 0) is 4.79 Å². The third-order valence-corrected chi connectivity index (χ3v) is 4.45. The van der Waals surface area contributed by atoms with Crippen LogP contribution in [0.5, 0.6) is 0 Å². The highest BCUT2D eigenvalue weighted by Crippen LogP contribution is 2.31. The average Bonchev–Trinajstić information content (AvgIpc) is 2.78. The maximum atomic E-state index is 12.2. The molecule has 0 aliphatic rings. The number of rotatable bonds is 3. The van der Waals surface area contributed by atoms with E-state index in [-0.39, 0.29) is 23.7 Å². The van der Waals surface area contributed by atoms with Gasteiger partial charge in [0.2, 0.25) is 5.91 Å². The number of thiazole rings is 1. The molecule has 4 nitrogen and oxygen atoms in total. The van der Waals surface area contributed by atoms with E-state index in [1.165, 1.54) is 16.9 Å². The molecule has 0 spiro atoms. The molecule has 3 N–H and O–H groups in total. The second-order valence-electron chi connectivity index (χ2n) is 6.62. The smallest absolute Gasteiger partial charge is 0.243 e. The van der Waals surface area contributed by atoms with Crippen molar-refractivity contribution in [2.24, 2.45) is 11.1 Å². The van der Waals surface area contributed by atoms with Crippen molar-refractivity contribution >= 4 is 34.8 Å². The normalized spacial score (nSPS) is 12.4. The number of anilines is 1. The zero-order valence-corrected chi connectivity index (χ0v) is 15.8. The number of hydrogen-bond acceptors (Lipinski definition) is 4. The van der Waals surface area contributed by atoms with Gasteiger partial charge in [0.15, 0.2) is 5.13 Å². The lowest BCUT2D eigenvalue weighted by molar-refractivity contribution is -0.119. The van der Waals surface area contributed by atoms with E-state index in [0.717, 1.165) is 16.1 Å². The third-order valence-electron chi connectivity index (χ3n) is 3.57. The van der Waals surface area contributed by atoms with E-state index in [1.54, 1.807) is 0 Å². The minimum Gasteiger partial charge on any atom is -0.319 e. The van der Waals surface area contributed by atoms with Crippen LogP contribution in [0.4, 0.5) is 5.13 Å². The Labute approximate surface area is 147 Å². The number of benzene rings is 1. The largest absolute Gasteiger partial charge is 0.319 e. The van der Waals surface area contributed by atoms with Gasteiger partial charge in [-0.15, -0.1) is 23.7 Å². The molecule has 0 unspecified atom stereocenters. The van der Waals surface area contributed by atoms with Gasteiger partial charge in [-0.25, -0.2) is 4.98 Å². The summed E-state index contributed by atoms with van der Waals surface area (Å²) in [4.78, 5) is 17.8. The van der Waals surface area contributed by atoms with Crippen molar-refractivity contribution in [3.05, 3.63) is 34.7 Å². The Morgan fingerprint density at radius 1 is 1.22 bits per heavy atom. The van der Waals surface area contributed by atoms with Gasteiger partial charge in [-0.1, -0.05) is 50.6 Å². The van der Waals surface area contributed by atoms with Crippen LogP contribution >= 0.6 is 23.7 Å². The van der Waals surface area contributed by atoms with E-state index in [0.29, 0.717) is 5.13 Å². The summed E-state index contributed by atoms with van der Waals surface area (Å²) in [6, 6.07) is 7.64. The fraction of sp³-hybridized carbons (Fsp3) is 0.412. The Bertz CT molecular complexity index is 674. The fourth-order valence-electron chi connectivity index (χ4n) is 2.01. The standard InChI is InChI=1S/C17H23N3OS.ClH/c1-10-6-8-12(9-7-10)13-11(2)22-16(19-13)20-15(21)14(18)17(3,4)5;/h6-9,14H,18H2,1-5H3,(H,19,20,21);1H/t14-;/m1./s1. The maximum absolute atomic E-state index is 12.2. The van der Waals surface area contributed by atoms with Gasteiger partial charge in [0.1, 0.15) is 0 Å². The highest BCUT2D eigenvalue weighted by molar-refractivity contribution is 7.16. The topological polar surface area (TPSA) is 68.0 Å². The van der Waals surface area contributed by atoms with Crippen molar-refractivity contribution in [2.45, 2.75) is 40.7 Å². The summed E-state index contributed by atoms with van der Waals surface area (Å²) in [7, 11) is 0. The second kappa shape index (κ2) is 7.43. The number of aryl methyl sites for hydroxylation is 2. The number of aromatic nitrogens is 1. The molecule has 126 valence electrons. The number of nitrogens with one attached hydrogen (secondary N) is 1. The highest BCUT2D eigenvalue weighted by atomic mass is 35.5. The summed E-state index contributed by atoms with van der Waals surface area (Å²) in [5.74, 6) is -0.197. The van der Waals surface area contributed by atoms with Crippen molar-refractivity contribution < 1.29 is 4.79 Å². The molecule has 0 aliphatic heterocycles. The summed E-state index contributed by atoms with van der Waals surface area (Å²) in [5, 5.41) is 3.43. The first-order valence-corrected chi connectivity index (χ1v) is 8.11. The molecular formula is C17H24ClN3OS. The number of halogens is 1. The third kappa shape index (κ3) is 4.77. The molecule has 6 heteroatoms. The van der Waals surface area contributed by atoms with Gasteiger partial charge in [-0.2, -0.15) is 0 Å². The molecule has 0 fully saturated rings. The van der Waals surface area contributed by atoms with Crippen LogP contribution in [0.1, 0.15) is 31.2 Å². The zero-order valence-electron chi connectivity index (χ0n) is 14.1. The van der Waals surface area contributed by atoms with Crippen molar-refractivity contribution in [1.82, 2.24) is 4.98 Å². The molecule has 1 heterocycles. The molecule has 2 aromatic rings. The SMILES string of the molecule is Cc1ccc(-c2nc(NC(=O)[C@@H](N)C(C)(C)C)sc2C)cc1.Cl. The Balaban J connectivity index is 0.00000264. The number of nitrogens with zero attached hydrogens (tertiary/aromatic N) is 1. The Morgan fingerprint density at radius 3 is 2.30 bits per heavy atom. The minimum absolute atomic E-state index is 0. The Hall–Kier alpha value is -1.43. The lowest BCUT2D eigenvalue weighted by Crippen LogP contribution is -2.45. The van der Waals surface area contributed by atoms with Crippen molar-refractivity contribution in [2.75, 3.05) is 5.32 Å². The van der Waals surface area contributed by atoms with Gasteiger partial charge in [-0.3, -0.25) is 4.79 Å². The molecule has 0 saturated heterocycles. The molecule has 1 atom stereocenters. The molecule has 23 heavy (non-hydrogen) atoms. The number of carbonyl (C=O) groups excluding carboxylic acids is 1. The van der Waals surface area contributed by atoms with Crippen LogP contribution in [0.25, 0.3) is 11.3 Å². The fourth-order valence-corrected chi connectivity index (χ4v) is 2.84. The molecule has 1 amide bonds. The van der Waals surface area contributed by atoms with Gasteiger partial charge >= 0.3 is 0 Å². The number of amides is 1. The molecule has 1 aromatic heterocycles. The van der Waals surface area contributed by atoms with Crippen LogP contribution in [0.15, 0.2) is 24.3 Å². The van der Waals surface area contributed by atoms with E-state index in [2.05, 4.69) is 29.4 Å². The van der Waals surface area contributed by atoms with E-state index in [9.17, 15) is 4.79 Å². The van der Waals surface area contributed by atoms with Gasteiger partial charge < -0.3 is 11.1 Å². The van der Waals surface area contributed by atoms with Crippen molar-refractivity contribution in [3.63, 3.8) is 0 Å². The first kappa shape index (κ1) is 19.6. The monoisotopic (exact) mass is 353 g/mol. The predicted molar refractivity (Wildman–Crippen MR) is 100 cm³/mol. The lowest BCUT2D eigenvalue weighted by atomic mass is 9.87. The van der Waals surface area contributed by atoms with Gasteiger partial charge in [-0.05, 0) is 19.3 Å². The predicted octanol–water partition coefficient (Wildman–Crippen LogP) is 4.16. The van der Waals surface area contributed by atoms with Crippen LogP contribution in [0.3, 0.4) is 0 Å². The zero-order chi connectivity index (χ0) is 16.5. The summed E-state index contributed by atoms with van der Waals surface area (Å²) < 4.78 is 0. The Morgan fingerprint density at radius 2 is 1.78 bits per heavy atom. The summed E-state index contributed by atoms with van der Waals surface area (Å²) in [6.45, 7) is 9.90. The number of hydrogen-bond donors (Lipinski definition) is 2. The van der Waals surface area contributed by atoms with E-state index in [4.69, 9.17) is 5.73 Å². The van der Waals surface area contributed by atoms with Gasteiger partial charge in [0, 0.05) is 10.4 Å². The van der Waals surface area contributed by atoms with Crippen molar-refractivity contribution in [1.29, 1.82) is 0 Å². The summed E-state index contributed by atoms with van der Waals surface area (Å²) in [5.41, 5.74) is 8.87. The lowest BCUT2D eigenvalue weighted by Gasteiger charge is -2.25. The van der Waals surface area contributed by atoms with E-state index in [1.807, 2.05) is 39.8 Å². The summed E-state index contributed by atoms with van der Waals surface area (Å²) in [6.07, 6.45) is 0. The van der Waals surface area contributed by atoms with E-state index < -0.39 is 6.04 Å². The molecular weight excluding hydrogens is 330 g/mol. The molecule has 0 saturated carbocycles. The Kier molecular flexibility index (Phi) is 6.33. The number of nitrogens with two attached hydrogens (primary N) is 1. The quantitative estimate of drug-likeness (QED) is 0.870. The van der Waals surface area contributed by atoms with Crippen molar-refractivity contribution in [3.8, 4) is 11.3 Å². The molecule has 0 bridgehead atoms. The van der Waals surface area contributed by atoms with Gasteiger partial charge in [0.05, 0.1) is 11.7 Å². The molecule has 1 aromatic carbocycles. The summed E-state index contributed by atoms with van der Waals surface area (Å²) >= 11 is 1.47. The second-order valence-corrected chi connectivity index (χ2v) is 7.83. The van der Waals surface area contributed by atoms with Crippen LogP contribution < -0.4 is 11.1 Å². The average molecular weight is 354 g/mol. The first-order valence-electron chi connectivity index (χ1n) is 7.29.